The number of rotatable bonds is 4. The quantitative estimate of drug-likeness (QED) is 0.929. The summed E-state index contributed by atoms with van der Waals surface area (Å²) >= 11 is 5.98. The van der Waals surface area contributed by atoms with Crippen LogP contribution in [-0.2, 0) is 4.79 Å². The third-order valence-corrected chi connectivity index (χ3v) is 4.30. The van der Waals surface area contributed by atoms with Crippen molar-refractivity contribution in [1.29, 1.82) is 0 Å². The molecule has 1 aromatic rings. The lowest BCUT2D eigenvalue weighted by Crippen LogP contribution is -2.47. The molecule has 0 bridgehead atoms. The molecule has 2 rings (SSSR count). The summed E-state index contributed by atoms with van der Waals surface area (Å²) in [5.74, 6) is 0.611. The summed E-state index contributed by atoms with van der Waals surface area (Å²) in [4.78, 5) is 14.5. The molecule has 4 nitrogen and oxygen atoms in total. The zero-order chi connectivity index (χ0) is 15.4. The lowest BCUT2D eigenvalue weighted by Gasteiger charge is -2.30. The Bertz CT molecular complexity index is 499. The van der Waals surface area contributed by atoms with Crippen LogP contribution in [-0.4, -0.2) is 43.1 Å². The highest BCUT2D eigenvalue weighted by Crippen LogP contribution is 2.22. The van der Waals surface area contributed by atoms with Gasteiger partial charge in [-0.15, -0.1) is 0 Å². The molecule has 0 aliphatic carbocycles. The van der Waals surface area contributed by atoms with E-state index in [9.17, 15) is 4.79 Å². The number of carbonyl (C=O) groups is 1. The smallest absolute Gasteiger partial charge is 0.260 e. The van der Waals surface area contributed by atoms with Gasteiger partial charge in [-0.3, -0.25) is 4.79 Å². The average Bonchev–Trinajstić information content (AvgIpc) is 2.45. The maximum atomic E-state index is 12.2. The lowest BCUT2D eigenvalue weighted by molar-refractivity contribution is -0.128. The summed E-state index contributed by atoms with van der Waals surface area (Å²) in [6.45, 7) is 5.74. The van der Waals surface area contributed by atoms with Crippen LogP contribution >= 0.6 is 11.6 Å². The summed E-state index contributed by atoms with van der Waals surface area (Å²) in [6, 6.07) is 5.68. The van der Waals surface area contributed by atoms with Crippen LogP contribution in [0, 0.1) is 6.92 Å². The molecule has 0 saturated carbocycles. The summed E-state index contributed by atoms with van der Waals surface area (Å²) in [6.07, 6.45) is 1.48. The molecule has 1 N–H and O–H groups in total. The number of halogens is 1. The Kier molecular flexibility index (Phi) is 5.48. The molecular formula is C16H23ClN2O2. The van der Waals surface area contributed by atoms with Crippen molar-refractivity contribution in [2.75, 3.05) is 20.1 Å². The van der Waals surface area contributed by atoms with Crippen molar-refractivity contribution in [3.05, 3.63) is 28.8 Å². The molecule has 0 spiro atoms. The Morgan fingerprint density at radius 3 is 2.71 bits per heavy atom. The zero-order valence-corrected chi connectivity index (χ0v) is 13.6. The van der Waals surface area contributed by atoms with Crippen molar-refractivity contribution in [3.63, 3.8) is 0 Å². The van der Waals surface area contributed by atoms with Crippen molar-refractivity contribution >= 4 is 17.5 Å². The van der Waals surface area contributed by atoms with Crippen LogP contribution in [0.3, 0.4) is 0 Å². The van der Waals surface area contributed by atoms with Gasteiger partial charge < -0.3 is 15.0 Å². The predicted octanol–water partition coefficient (Wildman–Crippen LogP) is 2.63. The SMILES string of the molecule is Cc1cc(O[C@H](C)C(=O)NC2CCN(C)CC2)ccc1Cl. The molecule has 0 unspecified atom stereocenters. The van der Waals surface area contributed by atoms with E-state index in [1.807, 2.05) is 13.0 Å². The molecule has 1 aliphatic heterocycles. The normalized spacial score (nSPS) is 18.3. The molecule has 1 atom stereocenters. The van der Waals surface area contributed by atoms with Gasteiger partial charge in [0.25, 0.3) is 5.91 Å². The van der Waals surface area contributed by atoms with Crippen LogP contribution in [0.1, 0.15) is 25.3 Å². The van der Waals surface area contributed by atoms with Gasteiger partial charge in [-0.25, -0.2) is 0 Å². The largest absolute Gasteiger partial charge is 0.481 e. The number of nitrogens with zero attached hydrogens (tertiary/aromatic N) is 1. The predicted molar refractivity (Wildman–Crippen MR) is 84.9 cm³/mol. The molecule has 116 valence electrons. The van der Waals surface area contributed by atoms with Crippen molar-refractivity contribution in [1.82, 2.24) is 10.2 Å². The molecule has 1 saturated heterocycles. The molecular weight excluding hydrogens is 288 g/mol. The van der Waals surface area contributed by atoms with Gasteiger partial charge in [0.1, 0.15) is 5.75 Å². The van der Waals surface area contributed by atoms with E-state index in [0.717, 1.165) is 31.5 Å². The lowest BCUT2D eigenvalue weighted by atomic mass is 10.1. The average molecular weight is 311 g/mol. The Hall–Kier alpha value is -1.26. The molecule has 1 heterocycles. The maximum Gasteiger partial charge on any atom is 0.260 e. The van der Waals surface area contributed by atoms with Crippen LogP contribution in [0.25, 0.3) is 0 Å². The first kappa shape index (κ1) is 16.1. The number of hydrogen-bond acceptors (Lipinski definition) is 3. The third-order valence-electron chi connectivity index (χ3n) is 3.88. The van der Waals surface area contributed by atoms with Crippen molar-refractivity contribution in [2.45, 2.75) is 38.8 Å². The van der Waals surface area contributed by atoms with Gasteiger partial charge in [-0.2, -0.15) is 0 Å². The number of nitrogens with one attached hydrogen (secondary N) is 1. The number of ether oxygens (including phenoxy) is 1. The highest BCUT2D eigenvalue weighted by Gasteiger charge is 2.22. The van der Waals surface area contributed by atoms with Gasteiger partial charge in [-0.1, -0.05) is 11.6 Å². The summed E-state index contributed by atoms with van der Waals surface area (Å²) < 4.78 is 5.69. The number of carbonyl (C=O) groups excluding carboxylic acids is 1. The first-order valence-corrected chi connectivity index (χ1v) is 7.75. The molecule has 1 amide bonds. The van der Waals surface area contributed by atoms with Crippen molar-refractivity contribution < 1.29 is 9.53 Å². The Morgan fingerprint density at radius 1 is 1.43 bits per heavy atom. The molecule has 1 aromatic carbocycles. The number of hydrogen-bond donors (Lipinski definition) is 1. The van der Waals surface area contributed by atoms with Gasteiger partial charge in [0.05, 0.1) is 0 Å². The minimum Gasteiger partial charge on any atom is -0.481 e. The molecule has 21 heavy (non-hydrogen) atoms. The van der Waals surface area contributed by atoms with Crippen LogP contribution < -0.4 is 10.1 Å². The number of amides is 1. The molecule has 1 fully saturated rings. The van der Waals surface area contributed by atoms with E-state index in [-0.39, 0.29) is 11.9 Å². The van der Waals surface area contributed by atoms with Gasteiger partial charge in [-0.05, 0) is 70.6 Å². The van der Waals surface area contributed by atoms with E-state index >= 15 is 0 Å². The van der Waals surface area contributed by atoms with Crippen LogP contribution in [0.15, 0.2) is 18.2 Å². The second kappa shape index (κ2) is 7.14. The Labute approximate surface area is 131 Å². The summed E-state index contributed by atoms with van der Waals surface area (Å²) in [7, 11) is 2.10. The second-order valence-corrected chi connectivity index (χ2v) is 6.16. The zero-order valence-electron chi connectivity index (χ0n) is 12.9. The number of likely N-dealkylation sites (tertiary alicyclic amines) is 1. The maximum absolute atomic E-state index is 12.2. The standard InChI is InChI=1S/C16H23ClN2O2/c1-11-10-14(4-5-15(11)17)21-12(2)16(20)18-13-6-8-19(3)9-7-13/h4-5,10,12-13H,6-9H2,1-3H3,(H,18,20)/t12-/m1/s1. The second-order valence-electron chi connectivity index (χ2n) is 5.76. The first-order chi connectivity index (χ1) is 9.95. The van der Waals surface area contributed by atoms with Gasteiger partial charge in [0.15, 0.2) is 6.10 Å². The third kappa shape index (κ3) is 4.61. The Morgan fingerprint density at radius 2 is 2.10 bits per heavy atom. The van der Waals surface area contributed by atoms with E-state index in [0.29, 0.717) is 10.8 Å². The highest BCUT2D eigenvalue weighted by atomic mass is 35.5. The first-order valence-electron chi connectivity index (χ1n) is 7.37. The van der Waals surface area contributed by atoms with Gasteiger partial charge in [0.2, 0.25) is 0 Å². The summed E-state index contributed by atoms with van der Waals surface area (Å²) in [5, 5.41) is 3.77. The van der Waals surface area contributed by atoms with E-state index in [1.54, 1.807) is 19.1 Å². The molecule has 5 heteroatoms. The fraction of sp³-hybridized carbons (Fsp3) is 0.562. The topological polar surface area (TPSA) is 41.6 Å². The number of piperidine rings is 1. The van der Waals surface area contributed by atoms with E-state index in [4.69, 9.17) is 16.3 Å². The molecule has 0 radical (unpaired) electrons. The number of benzene rings is 1. The number of aryl methyl sites for hydroxylation is 1. The minimum atomic E-state index is -0.509. The monoisotopic (exact) mass is 310 g/mol. The van der Waals surface area contributed by atoms with Crippen molar-refractivity contribution in [2.24, 2.45) is 0 Å². The van der Waals surface area contributed by atoms with Crippen LogP contribution in [0.5, 0.6) is 5.75 Å². The minimum absolute atomic E-state index is 0.0582. The van der Waals surface area contributed by atoms with Gasteiger partial charge >= 0.3 is 0 Å². The fourth-order valence-electron chi connectivity index (χ4n) is 2.42. The van der Waals surface area contributed by atoms with Crippen molar-refractivity contribution in [3.8, 4) is 5.75 Å². The summed E-state index contributed by atoms with van der Waals surface area (Å²) in [5.41, 5.74) is 0.942. The van der Waals surface area contributed by atoms with E-state index in [2.05, 4.69) is 17.3 Å². The Balaban J connectivity index is 1.86. The fourth-order valence-corrected chi connectivity index (χ4v) is 2.54. The van der Waals surface area contributed by atoms with Crippen LogP contribution in [0.2, 0.25) is 5.02 Å². The van der Waals surface area contributed by atoms with Crippen LogP contribution in [0.4, 0.5) is 0 Å². The van der Waals surface area contributed by atoms with E-state index in [1.165, 1.54) is 0 Å². The highest BCUT2D eigenvalue weighted by molar-refractivity contribution is 6.31. The van der Waals surface area contributed by atoms with E-state index < -0.39 is 6.10 Å². The molecule has 0 aromatic heterocycles. The molecule has 1 aliphatic rings. The van der Waals surface area contributed by atoms with Gasteiger partial charge in [0, 0.05) is 11.1 Å².